The molecule has 0 aliphatic heterocycles. The van der Waals surface area contributed by atoms with Gasteiger partial charge in [0.25, 0.3) is 10.0 Å². The molecule has 8 nitrogen and oxygen atoms in total. The van der Waals surface area contributed by atoms with Crippen molar-refractivity contribution in [2.24, 2.45) is 0 Å². The molecular weight excluding hydrogens is 462 g/mol. The average molecular weight is 488 g/mol. The van der Waals surface area contributed by atoms with E-state index in [9.17, 15) is 8.42 Å². The Morgan fingerprint density at radius 1 is 0.879 bits per heavy atom. The third-order valence-electron chi connectivity index (χ3n) is 4.50. The van der Waals surface area contributed by atoms with Crippen LogP contribution in [0.3, 0.4) is 0 Å². The summed E-state index contributed by atoms with van der Waals surface area (Å²) in [6, 6.07) is 18.5. The Balaban J connectivity index is 1.74. The number of hydrogen-bond donors (Lipinski definition) is 3. The van der Waals surface area contributed by atoms with E-state index in [1.807, 2.05) is 31.2 Å². The average Bonchev–Trinajstić information content (AvgIpc) is 2.80. The molecule has 3 aromatic carbocycles. The fourth-order valence-electron chi connectivity index (χ4n) is 2.97. The molecule has 0 amide bonds. The highest BCUT2D eigenvalue weighted by atomic mass is 32.2. The fourth-order valence-corrected chi connectivity index (χ4v) is 4.26. The quantitative estimate of drug-likeness (QED) is 0.373. The zero-order valence-corrected chi connectivity index (χ0v) is 20.0. The van der Waals surface area contributed by atoms with Crippen LogP contribution >= 0.6 is 12.2 Å². The van der Waals surface area contributed by atoms with Crippen molar-refractivity contribution >= 4 is 44.4 Å². The maximum atomic E-state index is 12.9. The van der Waals surface area contributed by atoms with E-state index in [2.05, 4.69) is 15.4 Å². The van der Waals surface area contributed by atoms with E-state index in [0.29, 0.717) is 46.0 Å². The Morgan fingerprint density at radius 3 is 2.15 bits per heavy atom. The van der Waals surface area contributed by atoms with Crippen LogP contribution in [-0.4, -0.2) is 34.4 Å². The van der Waals surface area contributed by atoms with Gasteiger partial charge in [0, 0.05) is 11.8 Å². The number of anilines is 3. The summed E-state index contributed by atoms with van der Waals surface area (Å²) in [4.78, 5) is 0.0439. The number of ether oxygens (including phenoxy) is 3. The Labute approximate surface area is 198 Å². The standard InChI is InChI=1S/C23H25N3O5S2/c1-4-31-17-11-9-16(10-12-17)26-33(27,28)18-13-14-20(22(15-18)30-3)25-23(32)24-19-7-5-6-8-21(19)29-2/h5-15,26H,4H2,1-3H3,(H2,24,25,32). The first kappa shape index (κ1) is 24.1. The van der Waals surface area contributed by atoms with Crippen LogP contribution in [0.15, 0.2) is 71.6 Å². The second kappa shape index (κ2) is 10.9. The number of para-hydroxylation sites is 2. The minimum atomic E-state index is -3.84. The van der Waals surface area contributed by atoms with Crippen LogP contribution in [0.1, 0.15) is 6.92 Å². The molecule has 10 heteroatoms. The number of methoxy groups -OCH3 is 2. The van der Waals surface area contributed by atoms with E-state index >= 15 is 0 Å². The molecule has 0 unspecified atom stereocenters. The summed E-state index contributed by atoms with van der Waals surface area (Å²) in [7, 11) is -0.816. The van der Waals surface area contributed by atoms with Gasteiger partial charge < -0.3 is 24.8 Å². The van der Waals surface area contributed by atoms with Gasteiger partial charge in [-0.15, -0.1) is 0 Å². The third-order valence-corrected chi connectivity index (χ3v) is 6.09. The molecule has 0 aromatic heterocycles. The van der Waals surface area contributed by atoms with Crippen molar-refractivity contribution in [3.8, 4) is 17.2 Å². The summed E-state index contributed by atoms with van der Waals surface area (Å²) in [5.41, 5.74) is 1.61. The summed E-state index contributed by atoms with van der Waals surface area (Å²) >= 11 is 5.38. The molecule has 0 spiro atoms. The molecular formula is C23H25N3O5S2. The van der Waals surface area contributed by atoms with Gasteiger partial charge in [-0.1, -0.05) is 12.1 Å². The molecule has 0 aliphatic carbocycles. The number of sulfonamides is 1. The topological polar surface area (TPSA) is 97.9 Å². The van der Waals surface area contributed by atoms with Gasteiger partial charge in [0.15, 0.2) is 5.11 Å². The van der Waals surface area contributed by atoms with Crippen LogP contribution in [0.2, 0.25) is 0 Å². The fraction of sp³-hybridized carbons (Fsp3) is 0.174. The Kier molecular flexibility index (Phi) is 7.96. The van der Waals surface area contributed by atoms with Gasteiger partial charge in [-0.2, -0.15) is 0 Å². The van der Waals surface area contributed by atoms with Gasteiger partial charge >= 0.3 is 0 Å². The van der Waals surface area contributed by atoms with Crippen LogP contribution in [-0.2, 0) is 10.0 Å². The lowest BCUT2D eigenvalue weighted by molar-refractivity contribution is 0.340. The lowest BCUT2D eigenvalue weighted by Crippen LogP contribution is -2.20. The highest BCUT2D eigenvalue weighted by molar-refractivity contribution is 7.92. The van der Waals surface area contributed by atoms with Crippen molar-refractivity contribution in [2.75, 3.05) is 36.2 Å². The zero-order chi connectivity index (χ0) is 23.8. The zero-order valence-electron chi connectivity index (χ0n) is 18.4. The van der Waals surface area contributed by atoms with Crippen LogP contribution in [0.4, 0.5) is 17.1 Å². The van der Waals surface area contributed by atoms with Gasteiger partial charge in [0.2, 0.25) is 0 Å². The van der Waals surface area contributed by atoms with E-state index in [1.165, 1.54) is 19.2 Å². The summed E-state index contributed by atoms with van der Waals surface area (Å²) in [6.07, 6.45) is 0. The van der Waals surface area contributed by atoms with E-state index < -0.39 is 10.0 Å². The first-order chi connectivity index (χ1) is 15.9. The van der Waals surface area contributed by atoms with Crippen molar-refractivity contribution in [3.63, 3.8) is 0 Å². The summed E-state index contributed by atoms with van der Waals surface area (Å²) in [5, 5.41) is 6.36. The second-order valence-electron chi connectivity index (χ2n) is 6.70. The molecule has 3 aromatic rings. The molecule has 0 atom stereocenters. The van der Waals surface area contributed by atoms with E-state index in [4.69, 9.17) is 26.4 Å². The molecule has 0 aliphatic rings. The van der Waals surface area contributed by atoms with Crippen molar-refractivity contribution in [1.82, 2.24) is 0 Å². The normalized spacial score (nSPS) is 10.8. The predicted octanol–water partition coefficient (Wildman–Crippen LogP) is 4.71. The lowest BCUT2D eigenvalue weighted by atomic mass is 10.3. The van der Waals surface area contributed by atoms with Crippen molar-refractivity contribution in [2.45, 2.75) is 11.8 Å². The van der Waals surface area contributed by atoms with Crippen molar-refractivity contribution < 1.29 is 22.6 Å². The molecule has 0 radical (unpaired) electrons. The summed E-state index contributed by atoms with van der Waals surface area (Å²) in [5.74, 6) is 1.61. The second-order valence-corrected chi connectivity index (χ2v) is 8.80. The number of hydrogen-bond acceptors (Lipinski definition) is 6. The van der Waals surface area contributed by atoms with Crippen LogP contribution < -0.4 is 29.6 Å². The Bertz CT molecular complexity index is 1220. The minimum absolute atomic E-state index is 0.0439. The first-order valence-electron chi connectivity index (χ1n) is 10.0. The molecule has 0 saturated carbocycles. The maximum Gasteiger partial charge on any atom is 0.262 e. The molecule has 33 heavy (non-hydrogen) atoms. The Hall–Kier alpha value is -3.50. The smallest absolute Gasteiger partial charge is 0.262 e. The lowest BCUT2D eigenvalue weighted by Gasteiger charge is -2.16. The maximum absolute atomic E-state index is 12.9. The SMILES string of the molecule is CCOc1ccc(NS(=O)(=O)c2ccc(NC(=S)Nc3ccccc3OC)c(OC)c2)cc1. The first-order valence-corrected chi connectivity index (χ1v) is 11.9. The van der Waals surface area contributed by atoms with Crippen molar-refractivity contribution in [3.05, 3.63) is 66.7 Å². The summed E-state index contributed by atoms with van der Waals surface area (Å²) < 4.78 is 44.3. The van der Waals surface area contributed by atoms with Gasteiger partial charge in [-0.25, -0.2) is 8.42 Å². The highest BCUT2D eigenvalue weighted by Gasteiger charge is 2.18. The van der Waals surface area contributed by atoms with Gasteiger partial charge in [-0.3, -0.25) is 4.72 Å². The number of thiocarbonyl (C=S) groups is 1. The monoisotopic (exact) mass is 487 g/mol. The van der Waals surface area contributed by atoms with E-state index in [-0.39, 0.29) is 4.90 Å². The van der Waals surface area contributed by atoms with Crippen LogP contribution in [0.25, 0.3) is 0 Å². The van der Waals surface area contributed by atoms with E-state index in [1.54, 1.807) is 37.4 Å². The number of nitrogens with one attached hydrogen (secondary N) is 3. The molecule has 174 valence electrons. The predicted molar refractivity (Wildman–Crippen MR) is 134 cm³/mol. The van der Waals surface area contributed by atoms with Crippen LogP contribution in [0, 0.1) is 0 Å². The van der Waals surface area contributed by atoms with Crippen molar-refractivity contribution in [1.29, 1.82) is 0 Å². The number of rotatable bonds is 9. The molecule has 0 fully saturated rings. The molecule has 3 N–H and O–H groups in total. The Morgan fingerprint density at radius 2 is 1.52 bits per heavy atom. The van der Waals surface area contributed by atoms with E-state index in [0.717, 1.165) is 0 Å². The minimum Gasteiger partial charge on any atom is -0.495 e. The molecule has 0 bridgehead atoms. The van der Waals surface area contributed by atoms with Gasteiger partial charge in [0.1, 0.15) is 17.2 Å². The third kappa shape index (κ3) is 6.27. The van der Waals surface area contributed by atoms with Gasteiger partial charge in [-0.05, 0) is 67.7 Å². The molecule has 0 heterocycles. The largest absolute Gasteiger partial charge is 0.495 e. The number of benzene rings is 3. The molecule has 3 rings (SSSR count). The van der Waals surface area contributed by atoms with Gasteiger partial charge in [0.05, 0.1) is 37.1 Å². The summed E-state index contributed by atoms with van der Waals surface area (Å²) in [6.45, 7) is 2.41. The van der Waals surface area contributed by atoms with Crippen LogP contribution in [0.5, 0.6) is 17.2 Å². The highest BCUT2D eigenvalue weighted by Crippen LogP contribution is 2.30. The molecule has 0 saturated heterocycles.